The topological polar surface area (TPSA) is 92.0 Å². The molecule has 0 saturated carbocycles. The van der Waals surface area contributed by atoms with E-state index in [4.69, 9.17) is 10.8 Å². The molecule has 0 spiro atoms. The Morgan fingerprint density at radius 2 is 2.50 bits per heavy atom. The van der Waals surface area contributed by atoms with Gasteiger partial charge < -0.3 is 15.8 Å². The van der Waals surface area contributed by atoms with Crippen LogP contribution in [0.25, 0.3) is 0 Å². The Hall–Kier alpha value is -0.438. The molecule has 6 heteroatoms. The number of carboxylic acid groups (broad SMARTS) is 1. The van der Waals surface area contributed by atoms with E-state index in [1.807, 2.05) is 0 Å². The Labute approximate surface area is 89.5 Å². The van der Waals surface area contributed by atoms with Crippen LogP contribution in [-0.2, 0) is 38.5 Å². The van der Waals surface area contributed by atoms with Crippen molar-refractivity contribution < 1.29 is 37.2 Å². The molecule has 0 amide bonds. The van der Waals surface area contributed by atoms with Crippen molar-refractivity contribution in [1.29, 1.82) is 0 Å². The number of rotatable bonds is 3. The first kappa shape index (κ1) is 11.6. The van der Waals surface area contributed by atoms with Gasteiger partial charge in [0.25, 0.3) is 0 Å². The molecule has 1 rings (SSSR count). The molecule has 0 radical (unpaired) electrons. The molecule has 62 valence electrons. The first-order valence-electron chi connectivity index (χ1n) is 3.16. The molecule has 0 aliphatic heterocycles. The standard InChI is InChI=1S/C6H9N3O2.Cd/c7-5(6(10)11)1-4-2-8-3-9-4;/h2-3,5H,1,7H2,(H,8,9)(H,10,11);. The molecule has 5 nitrogen and oxygen atoms in total. The summed E-state index contributed by atoms with van der Waals surface area (Å²) in [5.74, 6) is -1.00. The van der Waals surface area contributed by atoms with E-state index in [0.29, 0.717) is 0 Å². The number of aliphatic carboxylic acids is 1. The predicted octanol–water partition coefficient (Wildman–Crippen LogP) is -0.638. The van der Waals surface area contributed by atoms with Crippen LogP contribution >= 0.6 is 0 Å². The van der Waals surface area contributed by atoms with Crippen LogP contribution in [0.4, 0.5) is 0 Å². The average molecular weight is 268 g/mol. The average Bonchev–Trinajstić information content (AvgIpc) is 2.39. The van der Waals surface area contributed by atoms with E-state index in [0.717, 1.165) is 5.69 Å². The quantitative estimate of drug-likeness (QED) is 0.635. The summed E-state index contributed by atoms with van der Waals surface area (Å²) in [5, 5.41) is 8.42. The largest absolute Gasteiger partial charge is 0.480 e. The van der Waals surface area contributed by atoms with Gasteiger partial charge in [-0.1, -0.05) is 0 Å². The zero-order valence-electron chi connectivity index (χ0n) is 6.53. The minimum Gasteiger partial charge on any atom is -0.480 e. The van der Waals surface area contributed by atoms with Crippen LogP contribution in [0.3, 0.4) is 0 Å². The molecule has 4 N–H and O–H groups in total. The van der Waals surface area contributed by atoms with E-state index < -0.39 is 12.0 Å². The molecule has 0 saturated heterocycles. The normalized spacial score (nSPS) is 11.8. The molecular formula is C6H9CdN3O2. The van der Waals surface area contributed by atoms with Gasteiger partial charge in [0.15, 0.2) is 0 Å². The number of nitrogens with one attached hydrogen (secondary N) is 1. The third-order valence-electron chi connectivity index (χ3n) is 1.31. The van der Waals surface area contributed by atoms with Gasteiger partial charge in [-0.3, -0.25) is 4.79 Å². The monoisotopic (exact) mass is 269 g/mol. The van der Waals surface area contributed by atoms with E-state index in [1.165, 1.54) is 6.33 Å². The Bertz CT molecular complexity index is 237. The van der Waals surface area contributed by atoms with Crippen molar-refractivity contribution in [3.63, 3.8) is 0 Å². The van der Waals surface area contributed by atoms with Gasteiger partial charge >= 0.3 is 5.97 Å². The van der Waals surface area contributed by atoms with Gasteiger partial charge in [-0.15, -0.1) is 0 Å². The molecule has 1 aromatic heterocycles. The van der Waals surface area contributed by atoms with Crippen LogP contribution in [0.2, 0.25) is 0 Å². The summed E-state index contributed by atoms with van der Waals surface area (Å²) in [7, 11) is 0. The number of hydrogen-bond acceptors (Lipinski definition) is 3. The van der Waals surface area contributed by atoms with Gasteiger partial charge in [-0.2, -0.15) is 0 Å². The third kappa shape index (κ3) is 3.31. The summed E-state index contributed by atoms with van der Waals surface area (Å²) in [6, 6.07) is -0.851. The zero-order chi connectivity index (χ0) is 8.27. The van der Waals surface area contributed by atoms with Gasteiger partial charge in [0.05, 0.1) is 6.33 Å². The summed E-state index contributed by atoms with van der Waals surface area (Å²) in [6.07, 6.45) is 3.34. The molecule has 0 aliphatic rings. The minimum atomic E-state index is -1.00. The van der Waals surface area contributed by atoms with E-state index in [1.54, 1.807) is 6.20 Å². The molecule has 0 bridgehead atoms. The Morgan fingerprint density at radius 1 is 1.83 bits per heavy atom. The molecule has 12 heavy (non-hydrogen) atoms. The van der Waals surface area contributed by atoms with Crippen molar-refractivity contribution in [3.05, 3.63) is 18.2 Å². The maximum Gasteiger partial charge on any atom is 0.320 e. The molecule has 0 aliphatic carbocycles. The molecule has 1 heterocycles. The molecule has 0 fully saturated rings. The number of nitrogens with zero attached hydrogens (tertiary/aromatic N) is 1. The number of hydrogen-bond donors (Lipinski definition) is 3. The zero-order valence-corrected chi connectivity index (χ0v) is 10.6. The predicted molar refractivity (Wildman–Crippen MR) is 37.9 cm³/mol. The summed E-state index contributed by atoms with van der Waals surface area (Å²) >= 11 is 0. The van der Waals surface area contributed by atoms with Crippen molar-refractivity contribution in [3.8, 4) is 0 Å². The summed E-state index contributed by atoms with van der Waals surface area (Å²) in [5.41, 5.74) is 6.00. The fraction of sp³-hybridized carbons (Fsp3) is 0.333. The number of aromatic amines is 1. The van der Waals surface area contributed by atoms with Crippen molar-refractivity contribution in [2.24, 2.45) is 5.73 Å². The Balaban J connectivity index is 0.00000121. The van der Waals surface area contributed by atoms with Crippen LogP contribution in [0.5, 0.6) is 0 Å². The van der Waals surface area contributed by atoms with Crippen LogP contribution in [0.1, 0.15) is 5.69 Å². The number of carbonyl (C=O) groups is 1. The molecule has 0 aromatic carbocycles. The third-order valence-corrected chi connectivity index (χ3v) is 1.31. The maximum absolute atomic E-state index is 10.3. The SMILES string of the molecule is NC(Cc1cnc[nH]1)C(=O)O.[Cd]. The van der Waals surface area contributed by atoms with E-state index in [-0.39, 0.29) is 33.7 Å². The molecular weight excluding hydrogens is 258 g/mol. The minimum absolute atomic E-state index is 0. The van der Waals surface area contributed by atoms with Gasteiger partial charge in [-0.25, -0.2) is 4.98 Å². The molecule has 1 atom stereocenters. The van der Waals surface area contributed by atoms with Crippen molar-refractivity contribution in [2.75, 3.05) is 0 Å². The van der Waals surface area contributed by atoms with Crippen LogP contribution in [0, 0.1) is 0 Å². The maximum atomic E-state index is 10.3. The number of nitrogens with two attached hydrogens (primary N) is 1. The van der Waals surface area contributed by atoms with Crippen LogP contribution in [-0.4, -0.2) is 27.1 Å². The van der Waals surface area contributed by atoms with Crippen LogP contribution in [0.15, 0.2) is 12.5 Å². The second-order valence-corrected chi connectivity index (χ2v) is 2.23. The summed E-state index contributed by atoms with van der Waals surface area (Å²) < 4.78 is 0. The van der Waals surface area contributed by atoms with Crippen molar-refractivity contribution >= 4 is 5.97 Å². The van der Waals surface area contributed by atoms with E-state index >= 15 is 0 Å². The number of H-pyrrole nitrogens is 1. The fourth-order valence-corrected chi connectivity index (χ4v) is 0.721. The Morgan fingerprint density at radius 3 is 2.92 bits per heavy atom. The van der Waals surface area contributed by atoms with E-state index in [2.05, 4.69) is 9.97 Å². The van der Waals surface area contributed by atoms with Gasteiger partial charge in [-0.05, 0) is 0 Å². The second-order valence-electron chi connectivity index (χ2n) is 2.23. The van der Waals surface area contributed by atoms with Gasteiger partial charge in [0, 0.05) is 45.6 Å². The van der Waals surface area contributed by atoms with Crippen LogP contribution < -0.4 is 5.73 Å². The van der Waals surface area contributed by atoms with E-state index in [9.17, 15) is 4.79 Å². The number of carboxylic acids is 1. The first-order valence-corrected chi connectivity index (χ1v) is 3.16. The number of aromatic nitrogens is 2. The second kappa shape index (κ2) is 5.25. The smallest absolute Gasteiger partial charge is 0.320 e. The fourth-order valence-electron chi connectivity index (χ4n) is 0.721. The van der Waals surface area contributed by atoms with Crippen molar-refractivity contribution in [1.82, 2.24) is 9.97 Å². The molecule has 1 aromatic rings. The van der Waals surface area contributed by atoms with Crippen molar-refractivity contribution in [2.45, 2.75) is 12.5 Å². The Kier molecular flexibility index (Phi) is 5.06. The number of imidazole rings is 1. The summed E-state index contributed by atoms with van der Waals surface area (Å²) in [6.45, 7) is 0. The molecule has 1 unspecified atom stereocenters. The first-order chi connectivity index (χ1) is 5.20. The van der Waals surface area contributed by atoms with Gasteiger partial charge in [0.2, 0.25) is 0 Å². The summed E-state index contributed by atoms with van der Waals surface area (Å²) in [4.78, 5) is 16.8. The van der Waals surface area contributed by atoms with Gasteiger partial charge in [0.1, 0.15) is 6.04 Å².